The molecule has 5 rings (SSSR count). The first-order chi connectivity index (χ1) is 16.5. The summed E-state index contributed by atoms with van der Waals surface area (Å²) in [6.07, 6.45) is 3.97. The first kappa shape index (κ1) is 23.8. The molecule has 4 heterocycles. The van der Waals surface area contributed by atoms with Gasteiger partial charge < -0.3 is 14.2 Å². The van der Waals surface area contributed by atoms with Gasteiger partial charge in [-0.1, -0.05) is 34.4 Å². The number of benzene rings is 1. The number of Topliss-reactive ketones (excluding diaryl/α,β-unsaturated/α-hetero) is 1. The molecule has 0 spiro atoms. The van der Waals surface area contributed by atoms with Gasteiger partial charge in [0.05, 0.1) is 54.4 Å². The first-order valence-corrected chi connectivity index (χ1v) is 12.5. The maximum Gasteiger partial charge on any atom is 0.227 e. The number of aromatic nitrogens is 1. The summed E-state index contributed by atoms with van der Waals surface area (Å²) in [4.78, 5) is 33.0. The Hall–Kier alpha value is -1.97. The van der Waals surface area contributed by atoms with Crippen LogP contribution >= 0.6 is 23.2 Å². The lowest BCUT2D eigenvalue weighted by Crippen LogP contribution is -2.72. The molecule has 1 aromatic carbocycles. The van der Waals surface area contributed by atoms with Crippen molar-refractivity contribution in [3.8, 4) is 0 Å². The third kappa shape index (κ3) is 4.88. The largest absolute Gasteiger partial charge is 0.378 e. The molecule has 3 aliphatic heterocycles. The molecule has 34 heavy (non-hydrogen) atoms. The standard InChI is InChI=1S/C24H28Cl2N4O4/c25-17-4-3-16(11-18(17)26)12-23(32)30-9-8-29(13-22(31)19-5-10-34-27-19)21-15-33-14-20(24(21)30)28-6-1-2-7-28/h3-5,10-11,20-21,24H,1-2,6-9,12-15H2. The molecule has 2 aromatic rings. The van der Waals surface area contributed by atoms with Crippen LogP contribution in [0.2, 0.25) is 10.0 Å². The third-order valence-corrected chi connectivity index (χ3v) is 7.90. The molecule has 10 heteroatoms. The molecule has 3 fully saturated rings. The Kier molecular flexibility index (Phi) is 7.22. The van der Waals surface area contributed by atoms with Gasteiger partial charge in [-0.25, -0.2) is 0 Å². The van der Waals surface area contributed by atoms with Gasteiger partial charge in [0.25, 0.3) is 0 Å². The maximum atomic E-state index is 13.6. The van der Waals surface area contributed by atoms with E-state index in [1.165, 1.54) is 6.26 Å². The SMILES string of the molecule is O=C(CN1CCN(C(=O)Cc2ccc(Cl)c(Cl)c2)C2C(N3CCCC3)COCC21)c1ccon1. The predicted octanol–water partition coefficient (Wildman–Crippen LogP) is 2.78. The fourth-order valence-corrected chi connectivity index (χ4v) is 5.80. The van der Waals surface area contributed by atoms with Crippen LogP contribution in [0.25, 0.3) is 0 Å². The molecule has 3 atom stereocenters. The van der Waals surface area contributed by atoms with Crippen LogP contribution in [0.5, 0.6) is 0 Å². The van der Waals surface area contributed by atoms with E-state index in [0.717, 1.165) is 31.5 Å². The average molecular weight is 507 g/mol. The van der Waals surface area contributed by atoms with Crippen LogP contribution in [0.15, 0.2) is 35.1 Å². The van der Waals surface area contributed by atoms with Gasteiger partial charge in [-0.2, -0.15) is 0 Å². The molecule has 0 radical (unpaired) electrons. The number of ketones is 1. The Morgan fingerprint density at radius 3 is 2.53 bits per heavy atom. The lowest BCUT2D eigenvalue weighted by atomic mass is 9.90. The summed E-state index contributed by atoms with van der Waals surface area (Å²) in [6.45, 7) is 4.44. The molecular weight excluding hydrogens is 479 g/mol. The van der Waals surface area contributed by atoms with E-state index < -0.39 is 0 Å². The number of carbonyl (C=O) groups is 2. The number of rotatable bonds is 6. The second-order valence-corrected chi connectivity index (χ2v) is 10.0. The van der Waals surface area contributed by atoms with Crippen molar-refractivity contribution in [1.82, 2.24) is 19.9 Å². The van der Waals surface area contributed by atoms with Gasteiger partial charge in [0, 0.05) is 19.2 Å². The molecule has 1 amide bonds. The molecule has 0 bridgehead atoms. The van der Waals surface area contributed by atoms with Crippen LogP contribution in [0.1, 0.15) is 28.9 Å². The van der Waals surface area contributed by atoms with E-state index >= 15 is 0 Å². The van der Waals surface area contributed by atoms with Crippen molar-refractivity contribution < 1.29 is 18.8 Å². The summed E-state index contributed by atoms with van der Waals surface area (Å²) in [7, 11) is 0. The predicted molar refractivity (Wildman–Crippen MR) is 127 cm³/mol. The van der Waals surface area contributed by atoms with E-state index in [4.69, 9.17) is 32.5 Å². The average Bonchev–Trinajstić information content (AvgIpc) is 3.56. The Labute approximate surface area is 208 Å². The second-order valence-electron chi connectivity index (χ2n) is 9.20. The van der Waals surface area contributed by atoms with E-state index in [2.05, 4.69) is 15.0 Å². The minimum absolute atomic E-state index is 0.0546. The minimum atomic E-state index is -0.0913. The zero-order valence-electron chi connectivity index (χ0n) is 18.9. The van der Waals surface area contributed by atoms with E-state index in [1.807, 2.05) is 11.0 Å². The molecule has 3 aliphatic rings. The Morgan fingerprint density at radius 2 is 1.79 bits per heavy atom. The summed E-state index contributed by atoms with van der Waals surface area (Å²) < 4.78 is 10.9. The number of fused-ring (bicyclic) bond motifs is 1. The van der Waals surface area contributed by atoms with Crippen molar-refractivity contribution in [3.63, 3.8) is 0 Å². The third-order valence-electron chi connectivity index (χ3n) is 7.16. The molecule has 8 nitrogen and oxygen atoms in total. The van der Waals surface area contributed by atoms with E-state index in [1.54, 1.807) is 18.2 Å². The lowest BCUT2D eigenvalue weighted by Gasteiger charge is -2.54. The van der Waals surface area contributed by atoms with Gasteiger partial charge in [-0.3, -0.25) is 19.4 Å². The number of likely N-dealkylation sites (tertiary alicyclic amines) is 1. The normalized spacial score (nSPS) is 25.9. The molecule has 0 N–H and O–H groups in total. The molecule has 0 aliphatic carbocycles. The second kappa shape index (κ2) is 10.3. The van der Waals surface area contributed by atoms with Gasteiger partial charge >= 0.3 is 0 Å². The minimum Gasteiger partial charge on any atom is -0.378 e. The summed E-state index contributed by atoms with van der Waals surface area (Å²) in [5.41, 5.74) is 1.16. The monoisotopic (exact) mass is 506 g/mol. The van der Waals surface area contributed by atoms with Crippen LogP contribution in [0.4, 0.5) is 0 Å². The topological polar surface area (TPSA) is 79.1 Å². The van der Waals surface area contributed by atoms with Crippen LogP contribution in [-0.4, -0.2) is 95.6 Å². The van der Waals surface area contributed by atoms with Gasteiger partial charge in [0.2, 0.25) is 5.91 Å². The van der Waals surface area contributed by atoms with Crippen molar-refractivity contribution in [1.29, 1.82) is 0 Å². The molecule has 0 saturated carbocycles. The number of hydrogen-bond donors (Lipinski definition) is 0. The zero-order chi connectivity index (χ0) is 23.7. The maximum absolute atomic E-state index is 13.6. The van der Waals surface area contributed by atoms with E-state index in [0.29, 0.717) is 42.0 Å². The highest BCUT2D eigenvalue weighted by Crippen LogP contribution is 2.30. The summed E-state index contributed by atoms with van der Waals surface area (Å²) >= 11 is 12.2. The van der Waals surface area contributed by atoms with E-state index in [9.17, 15) is 9.59 Å². The quantitative estimate of drug-likeness (QED) is 0.557. The first-order valence-electron chi connectivity index (χ1n) is 11.7. The molecular formula is C24H28Cl2N4O4. The summed E-state index contributed by atoms with van der Waals surface area (Å²) in [5.74, 6) is -0.0339. The van der Waals surface area contributed by atoms with Crippen LogP contribution in [0.3, 0.4) is 0 Å². The van der Waals surface area contributed by atoms with Crippen molar-refractivity contribution in [2.24, 2.45) is 0 Å². The van der Waals surface area contributed by atoms with Gasteiger partial charge in [-0.05, 0) is 43.6 Å². The fraction of sp³-hybridized carbons (Fsp3) is 0.542. The van der Waals surface area contributed by atoms with Crippen molar-refractivity contribution >= 4 is 34.9 Å². The Bertz CT molecular complexity index is 1030. The molecule has 182 valence electrons. The highest BCUT2D eigenvalue weighted by molar-refractivity contribution is 6.42. The lowest BCUT2D eigenvalue weighted by molar-refractivity contribution is -0.151. The summed E-state index contributed by atoms with van der Waals surface area (Å²) in [5, 5.41) is 4.71. The number of ether oxygens (including phenoxy) is 1. The highest BCUT2D eigenvalue weighted by atomic mass is 35.5. The van der Waals surface area contributed by atoms with Crippen molar-refractivity contribution in [2.45, 2.75) is 37.4 Å². The van der Waals surface area contributed by atoms with Crippen molar-refractivity contribution in [2.75, 3.05) is 45.9 Å². The Balaban J connectivity index is 1.38. The van der Waals surface area contributed by atoms with Crippen LogP contribution in [-0.2, 0) is 16.0 Å². The van der Waals surface area contributed by atoms with Gasteiger partial charge in [0.1, 0.15) is 6.26 Å². The fourth-order valence-electron chi connectivity index (χ4n) is 5.48. The number of amides is 1. The van der Waals surface area contributed by atoms with Gasteiger partial charge in [0.15, 0.2) is 11.5 Å². The number of carbonyl (C=O) groups excluding carboxylic acids is 2. The van der Waals surface area contributed by atoms with E-state index in [-0.39, 0.29) is 42.8 Å². The molecule has 1 aromatic heterocycles. The van der Waals surface area contributed by atoms with Crippen molar-refractivity contribution in [3.05, 3.63) is 51.8 Å². The number of piperazine rings is 1. The van der Waals surface area contributed by atoms with Gasteiger partial charge in [-0.15, -0.1) is 0 Å². The smallest absolute Gasteiger partial charge is 0.227 e. The van der Waals surface area contributed by atoms with Crippen LogP contribution in [0, 0.1) is 0 Å². The molecule has 3 saturated heterocycles. The Morgan fingerprint density at radius 1 is 1.00 bits per heavy atom. The molecule has 3 unspecified atom stereocenters. The highest BCUT2D eigenvalue weighted by Gasteiger charge is 2.48. The number of hydrogen-bond acceptors (Lipinski definition) is 7. The number of halogens is 2. The number of nitrogens with zero attached hydrogens (tertiary/aromatic N) is 4. The van der Waals surface area contributed by atoms with Crippen LogP contribution < -0.4 is 0 Å². The summed E-state index contributed by atoms with van der Waals surface area (Å²) in [6, 6.07) is 6.89. The zero-order valence-corrected chi connectivity index (χ0v) is 20.4.